The molecule has 0 saturated carbocycles. The first-order chi connectivity index (χ1) is 12.2. The van der Waals surface area contributed by atoms with E-state index in [1.807, 2.05) is 61.5 Å². The molecule has 0 aliphatic carbocycles. The highest BCUT2D eigenvalue weighted by Crippen LogP contribution is 2.29. The van der Waals surface area contributed by atoms with Crippen LogP contribution < -0.4 is 14.8 Å². The van der Waals surface area contributed by atoms with E-state index in [4.69, 9.17) is 4.74 Å². The highest BCUT2D eigenvalue weighted by molar-refractivity contribution is 7.15. The second-order valence-corrected chi connectivity index (χ2v) is 7.09. The van der Waals surface area contributed by atoms with Gasteiger partial charge in [0.1, 0.15) is 11.9 Å². The maximum atomic E-state index is 12.9. The molecular weight excluding hydrogens is 332 g/mol. The Balaban J connectivity index is 1.72. The van der Waals surface area contributed by atoms with Crippen molar-refractivity contribution < 1.29 is 4.74 Å². The Kier molecular flexibility index (Phi) is 3.05. The second-order valence-electron chi connectivity index (χ2n) is 6.08. The fourth-order valence-electron chi connectivity index (χ4n) is 3.18. The zero-order valence-electron chi connectivity index (χ0n) is 13.5. The van der Waals surface area contributed by atoms with Crippen LogP contribution >= 0.6 is 11.3 Å². The number of rotatable bonds is 1. The molecule has 25 heavy (non-hydrogen) atoms. The van der Waals surface area contributed by atoms with Crippen molar-refractivity contribution >= 4 is 39.5 Å². The monoisotopic (exact) mass is 346 g/mol. The van der Waals surface area contributed by atoms with Crippen molar-refractivity contribution in [3.8, 4) is 5.75 Å². The van der Waals surface area contributed by atoms with Gasteiger partial charge in [-0.05, 0) is 42.8 Å². The number of para-hydroxylation sites is 3. The molecule has 0 radical (unpaired) electrons. The highest BCUT2D eigenvalue weighted by Gasteiger charge is 2.18. The normalized spacial score (nSPS) is 17.6. The quantitative estimate of drug-likeness (QED) is 0.531. The number of ether oxygens (including phenoxy) is 1. The number of aromatic nitrogens is 2. The Morgan fingerprint density at radius 1 is 1.16 bits per heavy atom. The third-order valence-corrected chi connectivity index (χ3v) is 5.43. The number of benzene rings is 2. The lowest BCUT2D eigenvalue weighted by atomic mass is 10.0. The van der Waals surface area contributed by atoms with E-state index < -0.39 is 0 Å². The standard InChI is InChI=1S/C20H14N2O2S/c1-12-14(10-13-6-2-5-9-17(13)24-12)11-18-19(23)22-16-8-4-3-7-15(16)21-20(22)25-18/h2-12H,1H3. The fourth-order valence-corrected chi connectivity index (χ4v) is 4.17. The molecule has 1 atom stereocenters. The summed E-state index contributed by atoms with van der Waals surface area (Å²) in [7, 11) is 0. The number of hydrogen-bond acceptors (Lipinski definition) is 4. The third-order valence-electron chi connectivity index (χ3n) is 4.46. The summed E-state index contributed by atoms with van der Waals surface area (Å²) in [6.45, 7) is 2.00. The van der Waals surface area contributed by atoms with E-state index in [-0.39, 0.29) is 11.7 Å². The van der Waals surface area contributed by atoms with Crippen LogP contribution in [-0.4, -0.2) is 15.5 Å². The molecule has 0 N–H and O–H groups in total. The van der Waals surface area contributed by atoms with Crippen LogP contribution in [0.1, 0.15) is 12.5 Å². The largest absolute Gasteiger partial charge is 0.485 e. The SMILES string of the molecule is CC1Oc2ccccc2C=C1C=c1sc2nc3ccccc3n2c1=O. The van der Waals surface area contributed by atoms with E-state index in [1.165, 1.54) is 11.3 Å². The van der Waals surface area contributed by atoms with Crippen LogP contribution in [0.25, 0.3) is 28.1 Å². The van der Waals surface area contributed by atoms with Crippen LogP contribution in [-0.2, 0) is 0 Å². The molecule has 3 heterocycles. The van der Waals surface area contributed by atoms with Crippen molar-refractivity contribution in [2.45, 2.75) is 13.0 Å². The van der Waals surface area contributed by atoms with Crippen LogP contribution in [0.2, 0.25) is 0 Å². The summed E-state index contributed by atoms with van der Waals surface area (Å²) in [6.07, 6.45) is 3.92. The summed E-state index contributed by atoms with van der Waals surface area (Å²) in [6, 6.07) is 15.6. The molecule has 0 bridgehead atoms. The first kappa shape index (κ1) is 14.4. The van der Waals surface area contributed by atoms with E-state index in [9.17, 15) is 4.79 Å². The minimum Gasteiger partial charge on any atom is -0.485 e. The predicted octanol–water partition coefficient (Wildman–Crippen LogP) is 3.27. The van der Waals surface area contributed by atoms with Crippen molar-refractivity contribution in [1.29, 1.82) is 0 Å². The van der Waals surface area contributed by atoms with Crippen LogP contribution in [0, 0.1) is 0 Å². The molecule has 2 aromatic carbocycles. The summed E-state index contributed by atoms with van der Waals surface area (Å²) in [4.78, 5) is 18.1. The Labute approximate surface area is 147 Å². The molecule has 0 spiro atoms. The van der Waals surface area contributed by atoms with Gasteiger partial charge in [0.05, 0.1) is 15.6 Å². The molecule has 122 valence electrons. The Morgan fingerprint density at radius 2 is 1.96 bits per heavy atom. The van der Waals surface area contributed by atoms with Gasteiger partial charge in [-0.15, -0.1) is 0 Å². The van der Waals surface area contributed by atoms with Crippen molar-refractivity contribution in [3.05, 3.63) is 74.6 Å². The molecule has 2 aromatic heterocycles. The van der Waals surface area contributed by atoms with Crippen LogP contribution in [0.4, 0.5) is 0 Å². The molecule has 4 nitrogen and oxygen atoms in total. The average Bonchev–Trinajstić information content (AvgIpc) is 3.12. The topological polar surface area (TPSA) is 43.6 Å². The molecule has 1 aliphatic heterocycles. The van der Waals surface area contributed by atoms with Gasteiger partial charge in [0, 0.05) is 5.56 Å². The molecule has 1 unspecified atom stereocenters. The van der Waals surface area contributed by atoms with Crippen LogP contribution in [0.15, 0.2) is 58.9 Å². The highest BCUT2D eigenvalue weighted by atomic mass is 32.1. The smallest absolute Gasteiger partial charge is 0.274 e. The summed E-state index contributed by atoms with van der Waals surface area (Å²) in [5.41, 5.74) is 3.70. The number of nitrogens with zero attached hydrogens (tertiary/aromatic N) is 2. The summed E-state index contributed by atoms with van der Waals surface area (Å²) < 4.78 is 8.33. The first-order valence-electron chi connectivity index (χ1n) is 8.10. The van der Waals surface area contributed by atoms with Crippen molar-refractivity contribution in [1.82, 2.24) is 9.38 Å². The van der Waals surface area contributed by atoms with E-state index in [1.54, 1.807) is 4.40 Å². The Bertz CT molecular complexity index is 1270. The number of thiazole rings is 1. The maximum absolute atomic E-state index is 12.9. The van der Waals surface area contributed by atoms with Gasteiger partial charge in [-0.3, -0.25) is 4.79 Å². The van der Waals surface area contributed by atoms with Gasteiger partial charge in [0.2, 0.25) is 0 Å². The molecule has 5 rings (SSSR count). The molecule has 0 fully saturated rings. The third kappa shape index (κ3) is 2.20. The Morgan fingerprint density at radius 3 is 2.88 bits per heavy atom. The van der Waals surface area contributed by atoms with E-state index >= 15 is 0 Å². The van der Waals surface area contributed by atoms with Gasteiger partial charge in [-0.1, -0.05) is 41.7 Å². The van der Waals surface area contributed by atoms with E-state index in [0.29, 0.717) is 4.53 Å². The summed E-state index contributed by atoms with van der Waals surface area (Å²) in [5.74, 6) is 0.876. The predicted molar refractivity (Wildman–Crippen MR) is 101 cm³/mol. The van der Waals surface area contributed by atoms with Crippen molar-refractivity contribution in [3.63, 3.8) is 0 Å². The molecule has 1 aliphatic rings. The van der Waals surface area contributed by atoms with Gasteiger partial charge < -0.3 is 4.74 Å². The van der Waals surface area contributed by atoms with Gasteiger partial charge in [0.15, 0.2) is 4.96 Å². The van der Waals surface area contributed by atoms with Crippen molar-refractivity contribution in [2.75, 3.05) is 0 Å². The fraction of sp³-hybridized carbons (Fsp3) is 0.100. The molecular formula is C20H14N2O2S. The number of imidazole rings is 1. The van der Waals surface area contributed by atoms with Gasteiger partial charge in [-0.2, -0.15) is 0 Å². The minimum atomic E-state index is -0.0968. The van der Waals surface area contributed by atoms with Crippen LogP contribution in [0.5, 0.6) is 5.75 Å². The first-order valence-corrected chi connectivity index (χ1v) is 8.91. The van der Waals surface area contributed by atoms with Crippen molar-refractivity contribution in [2.24, 2.45) is 0 Å². The molecule has 0 saturated heterocycles. The zero-order valence-corrected chi connectivity index (χ0v) is 14.3. The lowest BCUT2D eigenvalue weighted by Crippen LogP contribution is -2.25. The minimum absolute atomic E-state index is 0.0272. The summed E-state index contributed by atoms with van der Waals surface area (Å²) in [5, 5.41) is 0. The molecule has 4 aromatic rings. The van der Waals surface area contributed by atoms with Gasteiger partial charge in [-0.25, -0.2) is 9.38 Å². The zero-order chi connectivity index (χ0) is 17.0. The second kappa shape index (κ2) is 5.29. The lowest BCUT2D eigenvalue weighted by Gasteiger charge is -2.22. The average molecular weight is 346 g/mol. The summed E-state index contributed by atoms with van der Waals surface area (Å²) >= 11 is 1.41. The van der Waals surface area contributed by atoms with Crippen LogP contribution in [0.3, 0.4) is 0 Å². The van der Waals surface area contributed by atoms with E-state index in [2.05, 4.69) is 11.1 Å². The van der Waals surface area contributed by atoms with Gasteiger partial charge >= 0.3 is 0 Å². The molecule has 5 heteroatoms. The lowest BCUT2D eigenvalue weighted by molar-refractivity contribution is 0.259. The van der Waals surface area contributed by atoms with E-state index in [0.717, 1.165) is 32.9 Å². The maximum Gasteiger partial charge on any atom is 0.274 e. The number of fused-ring (bicyclic) bond motifs is 4. The Hall–Kier alpha value is -2.92. The number of hydrogen-bond donors (Lipinski definition) is 0. The molecule has 0 amide bonds. The van der Waals surface area contributed by atoms with Gasteiger partial charge in [0.25, 0.3) is 5.56 Å².